The molecule has 2 unspecified atom stereocenters. The van der Waals surface area contributed by atoms with E-state index in [1.54, 1.807) is 13.1 Å². The predicted octanol–water partition coefficient (Wildman–Crippen LogP) is 1.95. The maximum absolute atomic E-state index is 11.7. The van der Waals surface area contributed by atoms with Crippen molar-refractivity contribution in [2.45, 2.75) is 32.4 Å². The minimum absolute atomic E-state index is 0.0597. The third-order valence-electron chi connectivity index (χ3n) is 3.32. The fraction of sp³-hybridized carbons (Fsp3) is 0.400. The summed E-state index contributed by atoms with van der Waals surface area (Å²) in [6.45, 7) is 4.58. The van der Waals surface area contributed by atoms with Crippen molar-refractivity contribution in [3.63, 3.8) is 0 Å². The lowest BCUT2D eigenvalue weighted by Gasteiger charge is -2.16. The first-order valence-electron chi connectivity index (χ1n) is 6.61. The molecule has 0 saturated heterocycles. The summed E-state index contributed by atoms with van der Waals surface area (Å²) >= 11 is 0. The Kier molecular flexibility index (Phi) is 4.35. The van der Waals surface area contributed by atoms with Crippen LogP contribution >= 0.6 is 0 Å². The van der Waals surface area contributed by atoms with Gasteiger partial charge in [-0.25, -0.2) is 0 Å². The van der Waals surface area contributed by atoms with Gasteiger partial charge < -0.3 is 15.4 Å². The number of hydrogen-bond donors (Lipinski definition) is 3. The lowest BCUT2D eigenvalue weighted by molar-refractivity contribution is 0.182. The Morgan fingerprint density at radius 1 is 1.26 bits per heavy atom. The minimum atomic E-state index is -0.299. The molecule has 2 atom stereocenters. The van der Waals surface area contributed by atoms with Gasteiger partial charge in [-0.05, 0) is 43.8 Å². The Balaban J connectivity index is 2.25. The lowest BCUT2D eigenvalue weighted by Crippen LogP contribution is -2.23. The van der Waals surface area contributed by atoms with E-state index in [0.29, 0.717) is 11.8 Å². The maximum atomic E-state index is 11.7. The predicted molar refractivity (Wildman–Crippen MR) is 77.3 cm³/mol. The molecule has 4 heteroatoms. The molecule has 0 radical (unpaired) electrons. The largest absolute Gasteiger partial charge is 0.393 e. The highest BCUT2D eigenvalue weighted by Crippen LogP contribution is 2.20. The first-order chi connectivity index (χ1) is 9.09. The first kappa shape index (κ1) is 13.8. The van der Waals surface area contributed by atoms with E-state index in [0.717, 1.165) is 17.5 Å². The zero-order valence-electron chi connectivity index (χ0n) is 11.3. The summed E-state index contributed by atoms with van der Waals surface area (Å²) in [6, 6.07) is 7.73. The monoisotopic (exact) mass is 260 g/mol. The average molecular weight is 260 g/mol. The first-order valence-corrected chi connectivity index (χ1v) is 6.61. The van der Waals surface area contributed by atoms with Crippen molar-refractivity contribution in [1.82, 2.24) is 10.3 Å². The molecule has 1 aromatic carbocycles. The van der Waals surface area contributed by atoms with Gasteiger partial charge in [-0.1, -0.05) is 18.2 Å². The molecule has 4 nitrogen and oxygen atoms in total. The molecule has 0 aliphatic rings. The summed E-state index contributed by atoms with van der Waals surface area (Å²) in [6.07, 6.45) is 2.18. The Morgan fingerprint density at radius 2 is 1.95 bits per heavy atom. The van der Waals surface area contributed by atoms with Crippen molar-refractivity contribution in [2.75, 3.05) is 6.54 Å². The third-order valence-corrected chi connectivity index (χ3v) is 3.32. The van der Waals surface area contributed by atoms with Crippen molar-refractivity contribution in [2.24, 2.45) is 0 Å². The van der Waals surface area contributed by atoms with Gasteiger partial charge in [-0.2, -0.15) is 0 Å². The fourth-order valence-electron chi connectivity index (χ4n) is 2.21. The zero-order valence-corrected chi connectivity index (χ0v) is 11.3. The SMILES string of the molecule is CC(O)CCNC(C)c1c[nH]c(=O)c2ccccc12. The van der Waals surface area contributed by atoms with Gasteiger partial charge in [-0.15, -0.1) is 0 Å². The van der Waals surface area contributed by atoms with Crippen LogP contribution in [-0.2, 0) is 0 Å². The highest BCUT2D eigenvalue weighted by Gasteiger charge is 2.10. The number of aromatic amines is 1. The van der Waals surface area contributed by atoms with E-state index in [2.05, 4.69) is 17.2 Å². The second kappa shape index (κ2) is 5.99. The Morgan fingerprint density at radius 3 is 2.63 bits per heavy atom. The number of aromatic nitrogens is 1. The molecule has 3 N–H and O–H groups in total. The zero-order chi connectivity index (χ0) is 13.8. The maximum Gasteiger partial charge on any atom is 0.255 e. The van der Waals surface area contributed by atoms with Crippen LogP contribution in [-0.4, -0.2) is 22.7 Å². The molecule has 2 rings (SSSR count). The molecule has 0 aliphatic heterocycles. The molecule has 0 aliphatic carbocycles. The van der Waals surface area contributed by atoms with E-state index < -0.39 is 0 Å². The molecule has 0 spiro atoms. The number of nitrogens with one attached hydrogen (secondary N) is 2. The standard InChI is InChI=1S/C15H20N2O2/c1-10(18)7-8-16-11(2)14-9-17-15(19)13-6-4-3-5-12(13)14/h3-6,9-11,16,18H,7-8H2,1-2H3,(H,17,19). The number of benzene rings is 1. The van der Waals surface area contributed by atoms with Crippen LogP contribution in [0, 0.1) is 0 Å². The van der Waals surface area contributed by atoms with Gasteiger partial charge in [0.15, 0.2) is 0 Å². The Labute approximate surface area is 112 Å². The molecule has 0 bridgehead atoms. The van der Waals surface area contributed by atoms with E-state index in [-0.39, 0.29) is 17.7 Å². The van der Waals surface area contributed by atoms with Crippen LogP contribution < -0.4 is 10.9 Å². The lowest BCUT2D eigenvalue weighted by atomic mass is 10.0. The quantitative estimate of drug-likeness (QED) is 0.770. The summed E-state index contributed by atoms with van der Waals surface area (Å²) in [5.41, 5.74) is 1.01. The van der Waals surface area contributed by atoms with Gasteiger partial charge in [0.05, 0.1) is 6.10 Å². The van der Waals surface area contributed by atoms with Gasteiger partial charge in [-0.3, -0.25) is 4.79 Å². The van der Waals surface area contributed by atoms with E-state index in [1.807, 2.05) is 24.3 Å². The highest BCUT2D eigenvalue weighted by molar-refractivity contribution is 5.84. The molecule has 1 aromatic heterocycles. The highest BCUT2D eigenvalue weighted by atomic mass is 16.3. The summed E-state index contributed by atoms with van der Waals surface area (Å²) < 4.78 is 0. The van der Waals surface area contributed by atoms with Crippen LogP contribution in [0.25, 0.3) is 10.8 Å². The molecular weight excluding hydrogens is 240 g/mol. The number of aliphatic hydroxyl groups excluding tert-OH is 1. The molecule has 0 saturated carbocycles. The molecule has 0 fully saturated rings. The van der Waals surface area contributed by atoms with Crippen molar-refractivity contribution >= 4 is 10.8 Å². The van der Waals surface area contributed by atoms with Crippen LogP contribution in [0.1, 0.15) is 31.9 Å². The fourth-order valence-corrected chi connectivity index (χ4v) is 2.21. The van der Waals surface area contributed by atoms with E-state index in [1.165, 1.54) is 0 Å². The smallest absolute Gasteiger partial charge is 0.255 e. The van der Waals surface area contributed by atoms with Gasteiger partial charge in [0.2, 0.25) is 0 Å². The minimum Gasteiger partial charge on any atom is -0.393 e. The number of fused-ring (bicyclic) bond motifs is 1. The van der Waals surface area contributed by atoms with Crippen molar-refractivity contribution in [3.05, 3.63) is 46.4 Å². The summed E-state index contributed by atoms with van der Waals surface area (Å²) in [7, 11) is 0. The summed E-state index contributed by atoms with van der Waals surface area (Å²) in [5.74, 6) is 0. The van der Waals surface area contributed by atoms with Crippen molar-refractivity contribution < 1.29 is 5.11 Å². The van der Waals surface area contributed by atoms with Gasteiger partial charge in [0.1, 0.15) is 0 Å². The van der Waals surface area contributed by atoms with Crippen LogP contribution in [0.4, 0.5) is 0 Å². The number of H-pyrrole nitrogens is 1. The molecule has 2 aromatic rings. The number of pyridine rings is 1. The van der Waals surface area contributed by atoms with Gasteiger partial charge in [0.25, 0.3) is 5.56 Å². The van der Waals surface area contributed by atoms with E-state index in [4.69, 9.17) is 0 Å². The number of hydrogen-bond acceptors (Lipinski definition) is 3. The molecule has 19 heavy (non-hydrogen) atoms. The van der Waals surface area contributed by atoms with Crippen molar-refractivity contribution in [1.29, 1.82) is 0 Å². The van der Waals surface area contributed by atoms with Crippen LogP contribution in [0.5, 0.6) is 0 Å². The average Bonchev–Trinajstić information content (AvgIpc) is 2.39. The second-order valence-corrected chi connectivity index (χ2v) is 4.93. The Hall–Kier alpha value is -1.65. The van der Waals surface area contributed by atoms with Crippen LogP contribution in [0.15, 0.2) is 35.3 Å². The molecule has 1 heterocycles. The van der Waals surface area contributed by atoms with Crippen LogP contribution in [0.2, 0.25) is 0 Å². The molecule has 102 valence electrons. The second-order valence-electron chi connectivity index (χ2n) is 4.93. The normalized spacial score (nSPS) is 14.5. The molecule has 0 amide bonds. The number of rotatable bonds is 5. The number of aliphatic hydroxyl groups is 1. The summed E-state index contributed by atoms with van der Waals surface area (Å²) in [5, 5.41) is 14.3. The Bertz CT molecular complexity index is 604. The van der Waals surface area contributed by atoms with Gasteiger partial charge >= 0.3 is 0 Å². The molecular formula is C15H20N2O2. The topological polar surface area (TPSA) is 65.1 Å². The van der Waals surface area contributed by atoms with E-state index in [9.17, 15) is 9.90 Å². The third kappa shape index (κ3) is 3.22. The summed E-state index contributed by atoms with van der Waals surface area (Å²) in [4.78, 5) is 14.5. The van der Waals surface area contributed by atoms with Crippen molar-refractivity contribution in [3.8, 4) is 0 Å². The van der Waals surface area contributed by atoms with E-state index >= 15 is 0 Å². The van der Waals surface area contributed by atoms with Crippen LogP contribution in [0.3, 0.4) is 0 Å². The van der Waals surface area contributed by atoms with Gasteiger partial charge in [0, 0.05) is 17.6 Å².